The molecule has 0 saturated carbocycles. The molecular formula is C20H17N3O3. The summed E-state index contributed by atoms with van der Waals surface area (Å²) in [4.78, 5) is 23.2. The Bertz CT molecular complexity index is 909. The van der Waals surface area contributed by atoms with E-state index in [-0.39, 0.29) is 0 Å². The van der Waals surface area contributed by atoms with Crippen molar-refractivity contribution in [3.8, 4) is 11.5 Å². The molecule has 0 saturated heterocycles. The van der Waals surface area contributed by atoms with Crippen molar-refractivity contribution in [1.29, 1.82) is 0 Å². The maximum atomic E-state index is 12.1. The lowest BCUT2D eigenvalue weighted by molar-refractivity contribution is 0.100. The van der Waals surface area contributed by atoms with Crippen LogP contribution in [0.1, 0.15) is 10.4 Å². The number of benzene rings is 3. The van der Waals surface area contributed by atoms with Gasteiger partial charge in [-0.15, -0.1) is 0 Å². The summed E-state index contributed by atoms with van der Waals surface area (Å²) in [6.45, 7) is 0. The second kappa shape index (κ2) is 7.85. The van der Waals surface area contributed by atoms with Gasteiger partial charge in [0, 0.05) is 23.0 Å². The Morgan fingerprint density at radius 3 is 2.08 bits per heavy atom. The Labute approximate surface area is 150 Å². The minimum Gasteiger partial charge on any atom is -0.457 e. The lowest BCUT2D eigenvalue weighted by atomic mass is 10.2. The highest BCUT2D eigenvalue weighted by Crippen LogP contribution is 2.24. The molecule has 0 bridgehead atoms. The molecule has 3 aromatic rings. The van der Waals surface area contributed by atoms with Gasteiger partial charge in [0.25, 0.3) is 0 Å². The lowest BCUT2D eigenvalue weighted by Gasteiger charge is -2.10. The summed E-state index contributed by atoms with van der Waals surface area (Å²) >= 11 is 0. The van der Waals surface area contributed by atoms with E-state index in [1.165, 1.54) is 0 Å². The van der Waals surface area contributed by atoms with Crippen molar-refractivity contribution in [3.05, 3.63) is 84.4 Å². The Morgan fingerprint density at radius 1 is 0.731 bits per heavy atom. The zero-order valence-corrected chi connectivity index (χ0v) is 13.8. The second-order valence-electron chi connectivity index (χ2n) is 5.46. The van der Waals surface area contributed by atoms with Crippen LogP contribution in [0.25, 0.3) is 0 Å². The van der Waals surface area contributed by atoms with Crippen LogP contribution in [-0.2, 0) is 0 Å². The highest BCUT2D eigenvalue weighted by atomic mass is 16.5. The van der Waals surface area contributed by atoms with Gasteiger partial charge >= 0.3 is 6.03 Å². The summed E-state index contributed by atoms with van der Waals surface area (Å²) in [6, 6.07) is 22.3. The topological polar surface area (TPSA) is 93.5 Å². The first-order valence-corrected chi connectivity index (χ1v) is 7.91. The van der Waals surface area contributed by atoms with Gasteiger partial charge in [0.1, 0.15) is 11.5 Å². The zero-order valence-electron chi connectivity index (χ0n) is 13.8. The number of carbonyl (C=O) groups excluding carboxylic acids is 2. The fourth-order valence-corrected chi connectivity index (χ4v) is 2.27. The fraction of sp³-hybridized carbons (Fsp3) is 0. The molecule has 26 heavy (non-hydrogen) atoms. The molecule has 0 atom stereocenters. The predicted octanol–water partition coefficient (Wildman–Crippen LogP) is 4.22. The third kappa shape index (κ3) is 4.61. The van der Waals surface area contributed by atoms with Gasteiger partial charge < -0.3 is 21.1 Å². The van der Waals surface area contributed by atoms with Crippen LogP contribution in [0.4, 0.5) is 16.2 Å². The van der Waals surface area contributed by atoms with Crippen LogP contribution in [0, 0.1) is 0 Å². The molecule has 0 aliphatic heterocycles. The maximum absolute atomic E-state index is 12.1. The second-order valence-corrected chi connectivity index (χ2v) is 5.46. The number of ether oxygens (including phenoxy) is 1. The SMILES string of the molecule is NC(=O)c1ccc(NC(=O)Nc2cccc(Oc3ccccc3)c2)cc1. The summed E-state index contributed by atoms with van der Waals surface area (Å²) in [5.41, 5.74) is 6.70. The van der Waals surface area contributed by atoms with Crippen LogP contribution in [0.15, 0.2) is 78.9 Å². The van der Waals surface area contributed by atoms with Crippen LogP contribution >= 0.6 is 0 Å². The Balaban J connectivity index is 1.62. The number of rotatable bonds is 5. The van der Waals surface area contributed by atoms with E-state index >= 15 is 0 Å². The van der Waals surface area contributed by atoms with Gasteiger partial charge in [-0.25, -0.2) is 4.79 Å². The van der Waals surface area contributed by atoms with Crippen molar-refractivity contribution < 1.29 is 14.3 Å². The molecule has 0 aliphatic rings. The molecule has 0 unspecified atom stereocenters. The molecule has 3 aromatic carbocycles. The minimum absolute atomic E-state index is 0.377. The van der Waals surface area contributed by atoms with Crippen molar-refractivity contribution >= 4 is 23.3 Å². The number of para-hydroxylation sites is 1. The average molecular weight is 347 g/mol. The van der Waals surface area contributed by atoms with Gasteiger partial charge in [-0.3, -0.25) is 4.79 Å². The Morgan fingerprint density at radius 2 is 1.38 bits per heavy atom. The monoisotopic (exact) mass is 347 g/mol. The lowest BCUT2D eigenvalue weighted by Crippen LogP contribution is -2.19. The Hall–Kier alpha value is -3.80. The van der Waals surface area contributed by atoms with E-state index in [1.807, 2.05) is 30.3 Å². The van der Waals surface area contributed by atoms with Crippen LogP contribution < -0.4 is 21.1 Å². The van der Waals surface area contributed by atoms with Gasteiger partial charge in [-0.2, -0.15) is 0 Å². The molecule has 0 heterocycles. The van der Waals surface area contributed by atoms with Gasteiger partial charge in [-0.05, 0) is 48.5 Å². The van der Waals surface area contributed by atoms with Crippen molar-refractivity contribution in [2.24, 2.45) is 5.73 Å². The number of nitrogens with two attached hydrogens (primary N) is 1. The standard InChI is InChI=1S/C20H17N3O3/c21-19(24)14-9-11-15(12-10-14)22-20(25)23-16-5-4-8-18(13-16)26-17-6-2-1-3-7-17/h1-13H,(H2,21,24)(H2,22,23,25). The number of hydrogen-bond donors (Lipinski definition) is 3. The van der Waals surface area contributed by atoms with Gasteiger partial charge in [0.2, 0.25) is 5.91 Å². The first-order chi connectivity index (χ1) is 12.6. The molecular weight excluding hydrogens is 330 g/mol. The number of anilines is 2. The minimum atomic E-state index is -0.517. The van der Waals surface area contributed by atoms with Crippen molar-refractivity contribution in [1.82, 2.24) is 0 Å². The number of nitrogens with one attached hydrogen (secondary N) is 2. The molecule has 6 nitrogen and oxygen atoms in total. The van der Waals surface area contributed by atoms with Crippen molar-refractivity contribution in [2.75, 3.05) is 10.6 Å². The first-order valence-electron chi connectivity index (χ1n) is 7.91. The van der Waals surface area contributed by atoms with Crippen LogP contribution in [0.3, 0.4) is 0 Å². The number of hydrogen-bond acceptors (Lipinski definition) is 3. The fourth-order valence-electron chi connectivity index (χ4n) is 2.27. The highest BCUT2D eigenvalue weighted by molar-refractivity contribution is 6.00. The largest absolute Gasteiger partial charge is 0.457 e. The molecule has 6 heteroatoms. The van der Waals surface area contributed by atoms with E-state index < -0.39 is 11.9 Å². The number of urea groups is 1. The number of carbonyl (C=O) groups is 2. The first kappa shape index (κ1) is 17.0. The number of primary amides is 1. The van der Waals surface area contributed by atoms with Crippen LogP contribution in [-0.4, -0.2) is 11.9 Å². The average Bonchev–Trinajstić information content (AvgIpc) is 2.63. The Kier molecular flexibility index (Phi) is 5.14. The summed E-state index contributed by atoms with van der Waals surface area (Å²) < 4.78 is 5.74. The van der Waals surface area contributed by atoms with Crippen LogP contribution in [0.5, 0.6) is 11.5 Å². The van der Waals surface area contributed by atoms with Crippen molar-refractivity contribution in [3.63, 3.8) is 0 Å². The molecule has 0 spiro atoms. The molecule has 0 radical (unpaired) electrons. The zero-order chi connectivity index (χ0) is 18.4. The summed E-state index contributed by atoms with van der Waals surface area (Å²) in [5.74, 6) is 0.805. The van der Waals surface area contributed by atoms with Gasteiger partial charge in [0.15, 0.2) is 0 Å². The van der Waals surface area contributed by atoms with Crippen LogP contribution in [0.2, 0.25) is 0 Å². The molecule has 3 rings (SSSR count). The molecule has 4 N–H and O–H groups in total. The van der Waals surface area contributed by atoms with Gasteiger partial charge in [0.05, 0.1) is 0 Å². The summed E-state index contributed by atoms with van der Waals surface area (Å²) in [5, 5.41) is 5.42. The van der Waals surface area contributed by atoms with E-state index in [2.05, 4.69) is 10.6 Å². The van der Waals surface area contributed by atoms with E-state index in [9.17, 15) is 9.59 Å². The van der Waals surface area contributed by atoms with E-state index in [0.717, 1.165) is 0 Å². The van der Waals surface area contributed by atoms with Gasteiger partial charge in [-0.1, -0.05) is 24.3 Å². The maximum Gasteiger partial charge on any atom is 0.323 e. The number of amides is 3. The molecule has 0 aliphatic carbocycles. The third-order valence-corrected chi connectivity index (χ3v) is 3.50. The quantitative estimate of drug-likeness (QED) is 0.645. The summed E-state index contributed by atoms with van der Waals surface area (Å²) in [7, 11) is 0. The molecule has 0 fully saturated rings. The van der Waals surface area contributed by atoms with E-state index in [4.69, 9.17) is 10.5 Å². The smallest absolute Gasteiger partial charge is 0.323 e. The molecule has 130 valence electrons. The van der Waals surface area contributed by atoms with E-state index in [1.54, 1.807) is 48.5 Å². The normalized spacial score (nSPS) is 10.0. The van der Waals surface area contributed by atoms with Crippen molar-refractivity contribution in [2.45, 2.75) is 0 Å². The predicted molar refractivity (Wildman–Crippen MR) is 101 cm³/mol. The molecule has 0 aromatic heterocycles. The molecule has 3 amide bonds. The van der Waals surface area contributed by atoms with E-state index in [0.29, 0.717) is 28.4 Å². The summed E-state index contributed by atoms with van der Waals surface area (Å²) in [6.07, 6.45) is 0. The third-order valence-electron chi connectivity index (χ3n) is 3.50. The highest BCUT2D eigenvalue weighted by Gasteiger charge is 2.05.